The van der Waals surface area contributed by atoms with Gasteiger partial charge in [0.1, 0.15) is 11.5 Å². The molecule has 132 valence electrons. The van der Waals surface area contributed by atoms with Gasteiger partial charge in [-0.25, -0.2) is 0 Å². The highest BCUT2D eigenvalue weighted by Crippen LogP contribution is 2.43. The number of para-hydroxylation sites is 1. The van der Waals surface area contributed by atoms with Gasteiger partial charge in [0.25, 0.3) is 0 Å². The molecule has 3 aromatic rings. The number of carbonyl (C=O) groups excluding carboxylic acids is 1. The van der Waals surface area contributed by atoms with E-state index in [-0.39, 0.29) is 5.91 Å². The summed E-state index contributed by atoms with van der Waals surface area (Å²) < 4.78 is 5.96. The Kier molecular flexibility index (Phi) is 3.46. The van der Waals surface area contributed by atoms with E-state index in [2.05, 4.69) is 26.5 Å². The second-order valence-electron chi connectivity index (χ2n) is 7.13. The van der Waals surface area contributed by atoms with Crippen LogP contribution in [0.3, 0.4) is 0 Å². The molecule has 0 saturated carbocycles. The summed E-state index contributed by atoms with van der Waals surface area (Å²) in [6.45, 7) is 2.39. The highest BCUT2D eigenvalue weighted by molar-refractivity contribution is 6.06. The van der Waals surface area contributed by atoms with Gasteiger partial charge in [-0.05, 0) is 49.2 Å². The summed E-state index contributed by atoms with van der Waals surface area (Å²) in [6.07, 6.45) is 3.60. The van der Waals surface area contributed by atoms with Crippen LogP contribution in [0.25, 0.3) is 11.5 Å². The average Bonchev–Trinajstić information content (AvgIpc) is 3.37. The third kappa shape index (κ3) is 2.37. The zero-order valence-electron chi connectivity index (χ0n) is 14.4. The van der Waals surface area contributed by atoms with Crippen LogP contribution in [0.15, 0.2) is 53.1 Å². The molecule has 0 radical (unpaired) electrons. The number of anilines is 1. The van der Waals surface area contributed by atoms with Crippen molar-refractivity contribution in [1.29, 1.82) is 0 Å². The number of fused-ring (bicyclic) bond motifs is 2. The van der Waals surface area contributed by atoms with Crippen LogP contribution in [0.4, 0.5) is 5.69 Å². The van der Waals surface area contributed by atoms with Gasteiger partial charge in [-0.1, -0.05) is 18.2 Å². The fraction of sp³-hybridized carbons (Fsp3) is 0.300. The van der Waals surface area contributed by atoms with E-state index < -0.39 is 5.41 Å². The van der Waals surface area contributed by atoms with E-state index in [1.54, 1.807) is 6.20 Å². The molecule has 6 nitrogen and oxygen atoms in total. The summed E-state index contributed by atoms with van der Waals surface area (Å²) in [7, 11) is 0. The van der Waals surface area contributed by atoms with E-state index in [0.29, 0.717) is 6.54 Å². The van der Waals surface area contributed by atoms with E-state index in [9.17, 15) is 4.79 Å². The first-order valence-corrected chi connectivity index (χ1v) is 8.96. The molecule has 0 aliphatic carbocycles. The highest BCUT2D eigenvalue weighted by Gasteiger charge is 2.48. The van der Waals surface area contributed by atoms with Gasteiger partial charge in [0.05, 0.1) is 12.0 Å². The predicted octanol–water partition coefficient (Wildman–Crippen LogP) is 3.16. The van der Waals surface area contributed by atoms with Gasteiger partial charge >= 0.3 is 0 Å². The number of likely N-dealkylation sites (tertiary alicyclic amines) is 1. The molecule has 1 aromatic carbocycles. The fourth-order valence-corrected chi connectivity index (χ4v) is 4.28. The Hall–Kier alpha value is -2.86. The van der Waals surface area contributed by atoms with Crippen molar-refractivity contribution in [3.05, 3.63) is 60.0 Å². The van der Waals surface area contributed by atoms with E-state index in [0.717, 1.165) is 54.4 Å². The lowest BCUT2D eigenvalue weighted by Crippen LogP contribution is -2.49. The maximum atomic E-state index is 12.8. The Morgan fingerprint density at radius 3 is 3.00 bits per heavy atom. The van der Waals surface area contributed by atoms with Gasteiger partial charge in [-0.3, -0.25) is 14.8 Å². The SMILES string of the molecule is O=C1Nc2ccccc2C12CCCN(Cc1ccc(-c3ccn[nH]3)o1)C2. The Morgan fingerprint density at radius 2 is 2.12 bits per heavy atom. The lowest BCUT2D eigenvalue weighted by Gasteiger charge is -2.38. The summed E-state index contributed by atoms with van der Waals surface area (Å²) in [4.78, 5) is 15.1. The quantitative estimate of drug-likeness (QED) is 0.762. The van der Waals surface area contributed by atoms with Gasteiger partial charge in [0.2, 0.25) is 5.91 Å². The molecule has 1 spiro atoms. The number of H-pyrrole nitrogens is 1. The van der Waals surface area contributed by atoms with Crippen molar-refractivity contribution in [1.82, 2.24) is 15.1 Å². The van der Waals surface area contributed by atoms with E-state index >= 15 is 0 Å². The number of hydrogen-bond acceptors (Lipinski definition) is 4. The molecule has 1 unspecified atom stereocenters. The van der Waals surface area contributed by atoms with Crippen molar-refractivity contribution in [2.45, 2.75) is 24.8 Å². The lowest BCUT2D eigenvalue weighted by atomic mass is 9.75. The standard InChI is InChI=1S/C20H20N4O2/c25-19-20(15-4-1-2-5-16(15)22-19)9-3-11-24(13-20)12-14-6-7-18(26-14)17-8-10-21-23-17/h1-2,4-8,10H,3,9,11-13H2,(H,21,23)(H,22,25). The third-order valence-electron chi connectivity index (χ3n) is 5.50. The van der Waals surface area contributed by atoms with Crippen LogP contribution in [0.1, 0.15) is 24.2 Å². The molecule has 1 atom stereocenters. The van der Waals surface area contributed by atoms with Crippen LogP contribution in [0.5, 0.6) is 0 Å². The van der Waals surface area contributed by atoms with E-state index in [4.69, 9.17) is 4.42 Å². The van der Waals surface area contributed by atoms with Crippen LogP contribution in [-0.4, -0.2) is 34.1 Å². The molecule has 1 fully saturated rings. The number of nitrogens with one attached hydrogen (secondary N) is 2. The first-order valence-electron chi connectivity index (χ1n) is 8.96. The van der Waals surface area contributed by atoms with Crippen LogP contribution in [0.2, 0.25) is 0 Å². The number of furan rings is 1. The summed E-state index contributed by atoms with van der Waals surface area (Å²) in [6, 6.07) is 13.9. The van der Waals surface area contributed by atoms with E-state index in [1.165, 1.54) is 0 Å². The summed E-state index contributed by atoms with van der Waals surface area (Å²) in [5.74, 6) is 1.81. The molecule has 5 rings (SSSR count). The number of benzene rings is 1. The largest absolute Gasteiger partial charge is 0.458 e. The minimum absolute atomic E-state index is 0.126. The number of aromatic amines is 1. The van der Waals surface area contributed by atoms with Gasteiger partial charge in [-0.15, -0.1) is 0 Å². The monoisotopic (exact) mass is 348 g/mol. The van der Waals surface area contributed by atoms with Crippen molar-refractivity contribution in [3.8, 4) is 11.5 Å². The number of carbonyl (C=O) groups is 1. The minimum Gasteiger partial charge on any atom is -0.458 e. The number of amides is 1. The Bertz CT molecular complexity index is 946. The molecule has 26 heavy (non-hydrogen) atoms. The third-order valence-corrected chi connectivity index (χ3v) is 5.50. The number of aromatic nitrogens is 2. The molecule has 4 heterocycles. The van der Waals surface area contributed by atoms with Crippen LogP contribution >= 0.6 is 0 Å². The van der Waals surface area contributed by atoms with Crippen LogP contribution in [0, 0.1) is 0 Å². The Morgan fingerprint density at radius 1 is 1.19 bits per heavy atom. The van der Waals surface area contributed by atoms with Gasteiger partial charge < -0.3 is 9.73 Å². The molecule has 2 N–H and O–H groups in total. The normalized spacial score (nSPS) is 22.5. The van der Waals surface area contributed by atoms with Gasteiger partial charge in [0.15, 0.2) is 5.76 Å². The van der Waals surface area contributed by atoms with Crippen molar-refractivity contribution < 1.29 is 9.21 Å². The summed E-state index contributed by atoms with van der Waals surface area (Å²) >= 11 is 0. The summed E-state index contributed by atoms with van der Waals surface area (Å²) in [5.41, 5.74) is 2.52. The van der Waals surface area contributed by atoms with Gasteiger partial charge in [0, 0.05) is 18.4 Å². The first kappa shape index (κ1) is 15.4. The van der Waals surface area contributed by atoms with Crippen molar-refractivity contribution >= 4 is 11.6 Å². The predicted molar refractivity (Wildman–Crippen MR) is 97.6 cm³/mol. The van der Waals surface area contributed by atoms with Crippen molar-refractivity contribution in [2.75, 3.05) is 18.4 Å². The van der Waals surface area contributed by atoms with Crippen LogP contribution < -0.4 is 5.32 Å². The minimum atomic E-state index is -0.437. The molecule has 0 bridgehead atoms. The molecule has 2 aliphatic rings. The maximum Gasteiger partial charge on any atom is 0.236 e. The second kappa shape index (κ2) is 5.85. The number of hydrogen-bond donors (Lipinski definition) is 2. The number of nitrogens with zero attached hydrogens (tertiary/aromatic N) is 2. The van der Waals surface area contributed by atoms with Crippen molar-refractivity contribution in [2.24, 2.45) is 0 Å². The molecule has 6 heteroatoms. The maximum absolute atomic E-state index is 12.8. The lowest BCUT2D eigenvalue weighted by molar-refractivity contribution is -0.123. The smallest absolute Gasteiger partial charge is 0.236 e. The Balaban J connectivity index is 1.38. The number of rotatable bonds is 3. The molecule has 1 amide bonds. The number of piperidine rings is 1. The van der Waals surface area contributed by atoms with Gasteiger partial charge in [-0.2, -0.15) is 5.10 Å². The molecule has 1 saturated heterocycles. The molecule has 2 aliphatic heterocycles. The zero-order chi connectivity index (χ0) is 17.6. The first-order chi connectivity index (χ1) is 12.7. The zero-order valence-corrected chi connectivity index (χ0v) is 14.4. The van der Waals surface area contributed by atoms with E-state index in [1.807, 2.05) is 36.4 Å². The van der Waals surface area contributed by atoms with Crippen molar-refractivity contribution in [3.63, 3.8) is 0 Å². The van der Waals surface area contributed by atoms with Crippen LogP contribution in [-0.2, 0) is 16.8 Å². The molecular weight excluding hydrogens is 328 g/mol. The topological polar surface area (TPSA) is 74.2 Å². The second-order valence-corrected chi connectivity index (χ2v) is 7.13. The fourth-order valence-electron chi connectivity index (χ4n) is 4.28. The molecule has 2 aromatic heterocycles. The highest BCUT2D eigenvalue weighted by atomic mass is 16.3. The summed E-state index contributed by atoms with van der Waals surface area (Å²) in [5, 5.41) is 9.94. The Labute approximate surface area is 151 Å². The molecular formula is C20H20N4O2. The average molecular weight is 348 g/mol.